The van der Waals surface area contributed by atoms with Crippen LogP contribution < -0.4 is 0 Å². The molecule has 2 rings (SSSR count). The van der Waals surface area contributed by atoms with Gasteiger partial charge in [0.05, 0.1) is 0 Å². The van der Waals surface area contributed by atoms with Crippen LogP contribution in [0.3, 0.4) is 0 Å². The summed E-state index contributed by atoms with van der Waals surface area (Å²) in [6, 6.07) is 6.13. The van der Waals surface area contributed by atoms with Crippen molar-refractivity contribution in [2.45, 2.75) is 40.5 Å². The summed E-state index contributed by atoms with van der Waals surface area (Å²) in [7, 11) is 0. The molecule has 0 unspecified atom stereocenters. The molecule has 1 amide bonds. The number of benzene rings is 1. The van der Waals surface area contributed by atoms with E-state index in [0.717, 1.165) is 54.5 Å². The van der Waals surface area contributed by atoms with Crippen molar-refractivity contribution in [3.8, 4) is 0 Å². The topological polar surface area (TPSA) is 20.3 Å². The fourth-order valence-electron chi connectivity index (χ4n) is 2.91. The number of hydrogen-bond acceptors (Lipinski definition) is 1. The summed E-state index contributed by atoms with van der Waals surface area (Å²) >= 11 is 0. The lowest BCUT2D eigenvalue weighted by Crippen LogP contribution is -2.39. The molecule has 104 valence electrons. The van der Waals surface area contributed by atoms with Crippen LogP contribution in [0.15, 0.2) is 18.2 Å². The standard InChI is InChI=1S/C17H25NO/c1-12(2)15-7-9-18(10-8-15)17(19)16-11-13(3)5-6-14(16)4/h5-6,11-12,15H,7-10H2,1-4H3. The van der Waals surface area contributed by atoms with Crippen LogP contribution in [0.4, 0.5) is 0 Å². The van der Waals surface area contributed by atoms with Gasteiger partial charge in [-0.1, -0.05) is 31.5 Å². The fourth-order valence-corrected chi connectivity index (χ4v) is 2.91. The van der Waals surface area contributed by atoms with Crippen LogP contribution in [0, 0.1) is 25.7 Å². The Hall–Kier alpha value is -1.31. The van der Waals surface area contributed by atoms with Crippen molar-refractivity contribution in [2.24, 2.45) is 11.8 Å². The summed E-state index contributed by atoms with van der Waals surface area (Å²) in [4.78, 5) is 14.6. The molecule has 1 fully saturated rings. The molecule has 1 aliphatic heterocycles. The van der Waals surface area contributed by atoms with Crippen molar-refractivity contribution in [3.05, 3.63) is 34.9 Å². The van der Waals surface area contributed by atoms with E-state index < -0.39 is 0 Å². The van der Waals surface area contributed by atoms with Crippen LogP contribution in [-0.2, 0) is 0 Å². The number of aryl methyl sites for hydroxylation is 2. The largest absolute Gasteiger partial charge is 0.339 e. The molecule has 1 saturated heterocycles. The Morgan fingerprint density at radius 2 is 1.84 bits per heavy atom. The maximum atomic E-state index is 12.6. The zero-order valence-corrected chi connectivity index (χ0v) is 12.6. The van der Waals surface area contributed by atoms with Gasteiger partial charge in [0.15, 0.2) is 0 Å². The lowest BCUT2D eigenvalue weighted by atomic mass is 9.86. The number of likely N-dealkylation sites (tertiary alicyclic amines) is 1. The Morgan fingerprint density at radius 1 is 1.21 bits per heavy atom. The summed E-state index contributed by atoms with van der Waals surface area (Å²) < 4.78 is 0. The van der Waals surface area contributed by atoms with Crippen LogP contribution in [0.25, 0.3) is 0 Å². The summed E-state index contributed by atoms with van der Waals surface area (Å²) in [5.41, 5.74) is 3.12. The predicted octanol–water partition coefficient (Wildman–Crippen LogP) is 3.81. The van der Waals surface area contributed by atoms with Gasteiger partial charge in [0.2, 0.25) is 0 Å². The molecule has 1 aromatic carbocycles. The molecule has 0 aromatic heterocycles. The minimum Gasteiger partial charge on any atom is -0.339 e. The van der Waals surface area contributed by atoms with E-state index in [9.17, 15) is 4.79 Å². The first-order valence-electron chi connectivity index (χ1n) is 7.35. The Labute approximate surface area is 116 Å². The van der Waals surface area contributed by atoms with Gasteiger partial charge in [0.1, 0.15) is 0 Å². The average Bonchev–Trinajstić information content (AvgIpc) is 2.41. The van der Waals surface area contributed by atoms with Crippen LogP contribution in [0.1, 0.15) is 48.2 Å². The lowest BCUT2D eigenvalue weighted by molar-refractivity contribution is 0.0667. The highest BCUT2D eigenvalue weighted by atomic mass is 16.2. The van der Waals surface area contributed by atoms with E-state index in [1.54, 1.807) is 0 Å². The van der Waals surface area contributed by atoms with Gasteiger partial charge in [0.25, 0.3) is 5.91 Å². The highest BCUT2D eigenvalue weighted by Gasteiger charge is 2.25. The molecule has 0 atom stereocenters. The number of amides is 1. The van der Waals surface area contributed by atoms with Gasteiger partial charge < -0.3 is 4.90 Å². The number of carbonyl (C=O) groups is 1. The summed E-state index contributed by atoms with van der Waals surface area (Å²) in [5.74, 6) is 1.73. The number of hydrogen-bond donors (Lipinski definition) is 0. The fraction of sp³-hybridized carbons (Fsp3) is 0.588. The van der Waals surface area contributed by atoms with Gasteiger partial charge in [-0.15, -0.1) is 0 Å². The first-order valence-corrected chi connectivity index (χ1v) is 7.35. The number of piperidine rings is 1. The second kappa shape index (κ2) is 5.77. The third kappa shape index (κ3) is 3.17. The van der Waals surface area contributed by atoms with Crippen molar-refractivity contribution in [1.29, 1.82) is 0 Å². The normalized spacial score (nSPS) is 17.0. The first kappa shape index (κ1) is 14.1. The molecule has 0 spiro atoms. The zero-order valence-electron chi connectivity index (χ0n) is 12.6. The van der Waals surface area contributed by atoms with Crippen LogP contribution in [0.2, 0.25) is 0 Å². The van der Waals surface area contributed by atoms with E-state index in [1.807, 2.05) is 30.9 Å². The van der Waals surface area contributed by atoms with Gasteiger partial charge in [-0.25, -0.2) is 0 Å². The average molecular weight is 259 g/mol. The molecule has 2 nitrogen and oxygen atoms in total. The molecular formula is C17H25NO. The van der Waals surface area contributed by atoms with Crippen LogP contribution in [0.5, 0.6) is 0 Å². The number of carbonyl (C=O) groups excluding carboxylic acids is 1. The van der Waals surface area contributed by atoms with E-state index in [0.29, 0.717) is 0 Å². The van der Waals surface area contributed by atoms with E-state index in [2.05, 4.69) is 19.9 Å². The Bertz CT molecular complexity index is 456. The molecule has 1 heterocycles. The molecule has 19 heavy (non-hydrogen) atoms. The smallest absolute Gasteiger partial charge is 0.254 e. The monoisotopic (exact) mass is 259 g/mol. The van der Waals surface area contributed by atoms with Gasteiger partial charge in [-0.3, -0.25) is 4.79 Å². The van der Waals surface area contributed by atoms with E-state index in [-0.39, 0.29) is 5.91 Å². The molecule has 1 aliphatic rings. The SMILES string of the molecule is Cc1ccc(C)c(C(=O)N2CCC(C(C)C)CC2)c1. The van der Waals surface area contributed by atoms with Crippen molar-refractivity contribution >= 4 is 5.91 Å². The van der Waals surface area contributed by atoms with Gasteiger partial charge >= 0.3 is 0 Å². The quantitative estimate of drug-likeness (QED) is 0.791. The van der Waals surface area contributed by atoms with Crippen molar-refractivity contribution in [1.82, 2.24) is 4.90 Å². The minimum absolute atomic E-state index is 0.211. The molecular weight excluding hydrogens is 234 g/mol. The van der Waals surface area contributed by atoms with E-state index >= 15 is 0 Å². The van der Waals surface area contributed by atoms with E-state index in [4.69, 9.17) is 0 Å². The van der Waals surface area contributed by atoms with Crippen molar-refractivity contribution < 1.29 is 4.79 Å². The first-order chi connectivity index (χ1) is 8.99. The molecule has 0 bridgehead atoms. The van der Waals surface area contributed by atoms with Gasteiger partial charge in [-0.2, -0.15) is 0 Å². The molecule has 1 aromatic rings. The van der Waals surface area contributed by atoms with Crippen LogP contribution >= 0.6 is 0 Å². The second-order valence-electron chi connectivity index (χ2n) is 6.19. The highest BCUT2D eigenvalue weighted by molar-refractivity contribution is 5.95. The molecule has 0 aliphatic carbocycles. The molecule has 0 N–H and O–H groups in total. The third-order valence-corrected chi connectivity index (χ3v) is 4.39. The highest BCUT2D eigenvalue weighted by Crippen LogP contribution is 2.25. The predicted molar refractivity (Wildman–Crippen MR) is 79.4 cm³/mol. The van der Waals surface area contributed by atoms with E-state index in [1.165, 1.54) is 0 Å². The van der Waals surface area contributed by atoms with Crippen molar-refractivity contribution in [3.63, 3.8) is 0 Å². The zero-order chi connectivity index (χ0) is 14.0. The summed E-state index contributed by atoms with van der Waals surface area (Å²) in [6.07, 6.45) is 2.29. The lowest BCUT2D eigenvalue weighted by Gasteiger charge is -2.34. The Kier molecular flexibility index (Phi) is 4.28. The summed E-state index contributed by atoms with van der Waals surface area (Å²) in [6.45, 7) is 10.5. The van der Waals surface area contributed by atoms with Crippen LogP contribution in [-0.4, -0.2) is 23.9 Å². The second-order valence-corrected chi connectivity index (χ2v) is 6.19. The Balaban J connectivity index is 2.07. The Morgan fingerprint density at radius 3 is 2.42 bits per heavy atom. The van der Waals surface area contributed by atoms with Crippen molar-refractivity contribution in [2.75, 3.05) is 13.1 Å². The van der Waals surface area contributed by atoms with Gasteiger partial charge in [0, 0.05) is 18.7 Å². The molecule has 2 heteroatoms. The van der Waals surface area contributed by atoms with Gasteiger partial charge in [-0.05, 0) is 50.2 Å². The molecule has 0 saturated carbocycles. The maximum absolute atomic E-state index is 12.6. The molecule has 0 radical (unpaired) electrons. The minimum atomic E-state index is 0.211. The summed E-state index contributed by atoms with van der Waals surface area (Å²) in [5, 5.41) is 0. The third-order valence-electron chi connectivity index (χ3n) is 4.39. The maximum Gasteiger partial charge on any atom is 0.254 e. The number of rotatable bonds is 2. The number of nitrogens with zero attached hydrogens (tertiary/aromatic N) is 1.